The number of hydrogen-bond donors (Lipinski definition) is 1. The van der Waals surface area contributed by atoms with Gasteiger partial charge in [0, 0.05) is 5.56 Å². The van der Waals surface area contributed by atoms with Gasteiger partial charge in [-0.15, -0.1) is 6.42 Å². The summed E-state index contributed by atoms with van der Waals surface area (Å²) in [4.78, 5) is 0. The van der Waals surface area contributed by atoms with Crippen molar-refractivity contribution >= 4 is 5.69 Å². The van der Waals surface area contributed by atoms with Gasteiger partial charge in [-0.05, 0) is 24.3 Å². The lowest BCUT2D eigenvalue weighted by molar-refractivity contribution is 0.296. The third-order valence-corrected chi connectivity index (χ3v) is 1.25. The summed E-state index contributed by atoms with van der Waals surface area (Å²) in [6.45, 7) is 0. The molecule has 0 aromatic heterocycles. The van der Waals surface area contributed by atoms with Gasteiger partial charge in [-0.1, -0.05) is 5.92 Å². The Hall–Kier alpha value is -1.50. The molecule has 0 heterocycles. The Morgan fingerprint density at radius 1 is 1.36 bits per heavy atom. The fourth-order valence-corrected chi connectivity index (χ4v) is 0.685. The number of rotatable bonds is 1. The van der Waals surface area contributed by atoms with Crippen LogP contribution >= 0.6 is 0 Å². The molecule has 0 unspecified atom stereocenters. The molecule has 1 N–H and O–H groups in total. The van der Waals surface area contributed by atoms with Crippen molar-refractivity contribution in [2.75, 3.05) is 5.23 Å². The van der Waals surface area contributed by atoms with Crippen molar-refractivity contribution in [3.8, 4) is 12.3 Å². The van der Waals surface area contributed by atoms with Crippen molar-refractivity contribution in [1.82, 2.24) is 0 Å². The largest absolute Gasteiger partial charge is 0.733 e. The molecular weight excluding hydrogens is 142 g/mol. The lowest BCUT2D eigenvalue weighted by atomic mass is 10.2. The summed E-state index contributed by atoms with van der Waals surface area (Å²) >= 11 is 0. The van der Waals surface area contributed by atoms with Crippen LogP contribution in [-0.2, 0) is 0 Å². The molecule has 0 amide bonds. The van der Waals surface area contributed by atoms with Crippen LogP contribution < -0.4 is 5.23 Å². The average molecular weight is 148 g/mol. The number of terminal acetylenes is 1. The van der Waals surface area contributed by atoms with Crippen LogP contribution in [0.15, 0.2) is 24.3 Å². The minimum atomic E-state index is -0.208. The first-order valence-electron chi connectivity index (χ1n) is 2.97. The van der Waals surface area contributed by atoms with Gasteiger partial charge in [0.1, 0.15) is 0 Å². The molecule has 0 radical (unpaired) electrons. The van der Waals surface area contributed by atoms with Gasteiger partial charge < -0.3 is 10.4 Å². The Labute approximate surface area is 64.4 Å². The zero-order valence-corrected chi connectivity index (χ0v) is 5.69. The van der Waals surface area contributed by atoms with Crippen molar-refractivity contribution in [3.63, 3.8) is 0 Å². The van der Waals surface area contributed by atoms with E-state index in [2.05, 4.69) is 5.92 Å². The third-order valence-electron chi connectivity index (χ3n) is 1.25. The fourth-order valence-electron chi connectivity index (χ4n) is 0.685. The van der Waals surface area contributed by atoms with E-state index in [-0.39, 0.29) is 10.9 Å². The van der Waals surface area contributed by atoms with Crippen LogP contribution in [0.25, 0.3) is 0 Å². The first-order valence-corrected chi connectivity index (χ1v) is 2.97. The molecule has 11 heavy (non-hydrogen) atoms. The fraction of sp³-hybridized carbons (Fsp3) is 0. The van der Waals surface area contributed by atoms with E-state index < -0.39 is 0 Å². The van der Waals surface area contributed by atoms with Gasteiger partial charge in [0.05, 0.1) is 5.69 Å². The highest BCUT2D eigenvalue weighted by atomic mass is 16.8. The molecule has 0 atom stereocenters. The minimum absolute atomic E-state index is 0.170. The first-order chi connectivity index (χ1) is 5.24. The summed E-state index contributed by atoms with van der Waals surface area (Å²) < 4.78 is 0. The van der Waals surface area contributed by atoms with Crippen molar-refractivity contribution in [3.05, 3.63) is 35.0 Å². The summed E-state index contributed by atoms with van der Waals surface area (Å²) in [5.74, 6) is 2.39. The summed E-state index contributed by atoms with van der Waals surface area (Å²) in [5.41, 5.74) is 0.847. The van der Waals surface area contributed by atoms with E-state index in [0.717, 1.165) is 0 Å². The average Bonchev–Trinajstić information content (AvgIpc) is 2.05. The minimum Gasteiger partial charge on any atom is -0.733 e. The van der Waals surface area contributed by atoms with Crippen LogP contribution in [0, 0.1) is 17.6 Å². The lowest BCUT2D eigenvalue weighted by Crippen LogP contribution is -2.06. The van der Waals surface area contributed by atoms with Crippen LogP contribution in [-0.4, -0.2) is 5.21 Å². The molecule has 0 aliphatic rings. The van der Waals surface area contributed by atoms with E-state index in [1.54, 1.807) is 12.1 Å². The number of hydrogen-bond acceptors (Lipinski definition) is 3. The Morgan fingerprint density at radius 2 is 1.91 bits per heavy atom. The van der Waals surface area contributed by atoms with Gasteiger partial charge in [-0.25, -0.2) is 0 Å². The topological polar surface area (TPSA) is 46.5 Å². The number of anilines is 1. The molecule has 0 saturated heterocycles. The predicted molar refractivity (Wildman–Crippen MR) is 42.0 cm³/mol. The molecule has 0 fully saturated rings. The molecule has 0 spiro atoms. The van der Waals surface area contributed by atoms with E-state index >= 15 is 0 Å². The summed E-state index contributed by atoms with van der Waals surface area (Å²) in [7, 11) is 0. The van der Waals surface area contributed by atoms with Crippen LogP contribution in [0.3, 0.4) is 0 Å². The molecule has 1 aromatic carbocycles. The summed E-state index contributed by atoms with van der Waals surface area (Å²) in [6, 6.07) is 6.05. The molecule has 0 aliphatic carbocycles. The maximum Gasteiger partial charge on any atom is 0.0509 e. The van der Waals surface area contributed by atoms with E-state index in [1.807, 2.05) is 0 Å². The number of nitrogens with zero attached hydrogens (tertiary/aromatic N) is 1. The normalized spacial score (nSPS) is 8.82. The van der Waals surface area contributed by atoms with Crippen LogP contribution in [0.4, 0.5) is 5.69 Å². The summed E-state index contributed by atoms with van der Waals surface area (Å²) in [5, 5.41) is 18.5. The van der Waals surface area contributed by atoms with Crippen LogP contribution in [0.1, 0.15) is 5.56 Å². The van der Waals surface area contributed by atoms with E-state index in [4.69, 9.17) is 11.6 Å². The molecule has 0 aliphatic heterocycles. The lowest BCUT2D eigenvalue weighted by Gasteiger charge is -2.21. The van der Waals surface area contributed by atoms with Gasteiger partial charge in [0.15, 0.2) is 0 Å². The van der Waals surface area contributed by atoms with E-state index in [9.17, 15) is 5.21 Å². The SMILES string of the molecule is C#Cc1ccc(N([O-])O)cc1. The van der Waals surface area contributed by atoms with E-state index in [0.29, 0.717) is 5.56 Å². The van der Waals surface area contributed by atoms with Gasteiger partial charge in [-0.3, -0.25) is 5.21 Å². The Kier molecular flexibility index (Phi) is 2.12. The smallest absolute Gasteiger partial charge is 0.0509 e. The maximum absolute atomic E-state index is 10.3. The highest BCUT2D eigenvalue weighted by molar-refractivity contribution is 5.48. The van der Waals surface area contributed by atoms with Crippen molar-refractivity contribution in [1.29, 1.82) is 0 Å². The monoisotopic (exact) mass is 148 g/mol. The Morgan fingerprint density at radius 3 is 2.27 bits per heavy atom. The third kappa shape index (κ3) is 1.71. The van der Waals surface area contributed by atoms with Gasteiger partial charge >= 0.3 is 0 Å². The molecule has 1 rings (SSSR count). The van der Waals surface area contributed by atoms with Crippen LogP contribution in [0.5, 0.6) is 0 Å². The van der Waals surface area contributed by atoms with Gasteiger partial charge in [0.25, 0.3) is 0 Å². The second kappa shape index (κ2) is 3.06. The van der Waals surface area contributed by atoms with Gasteiger partial charge in [0.2, 0.25) is 0 Å². The maximum atomic E-state index is 10.3. The van der Waals surface area contributed by atoms with E-state index in [1.165, 1.54) is 12.1 Å². The highest BCUT2D eigenvalue weighted by Gasteiger charge is 1.90. The van der Waals surface area contributed by atoms with Gasteiger partial charge in [-0.2, -0.15) is 0 Å². The Bertz CT molecular complexity index is 271. The van der Waals surface area contributed by atoms with Crippen LogP contribution in [0.2, 0.25) is 0 Å². The molecule has 3 nitrogen and oxygen atoms in total. The highest BCUT2D eigenvalue weighted by Crippen LogP contribution is 2.11. The molecule has 0 bridgehead atoms. The molecule has 1 aromatic rings. The molecule has 3 heteroatoms. The van der Waals surface area contributed by atoms with Crippen molar-refractivity contribution < 1.29 is 5.21 Å². The Balaban J connectivity index is 2.94. The predicted octanol–water partition coefficient (Wildman–Crippen LogP) is 1.36. The zero-order chi connectivity index (χ0) is 8.27. The standard InChI is InChI=1S/C8H6NO2/c1-2-7-3-5-8(6-4-7)9(10)11/h1,3-6,10H/q-1. The molecule has 56 valence electrons. The number of benzene rings is 1. The van der Waals surface area contributed by atoms with Crippen molar-refractivity contribution in [2.45, 2.75) is 0 Å². The second-order valence-electron chi connectivity index (χ2n) is 1.96. The summed E-state index contributed by atoms with van der Waals surface area (Å²) in [6.07, 6.45) is 5.07. The first kappa shape index (κ1) is 7.61. The molecular formula is C8H6NO2-. The second-order valence-corrected chi connectivity index (χ2v) is 1.96. The molecule has 0 saturated carbocycles. The quantitative estimate of drug-likeness (QED) is 0.483. The zero-order valence-electron chi connectivity index (χ0n) is 5.69. The van der Waals surface area contributed by atoms with Crippen molar-refractivity contribution in [2.24, 2.45) is 0 Å².